The number of nitrogens with zero attached hydrogens (tertiary/aromatic N) is 3. The van der Waals surface area contributed by atoms with Crippen LogP contribution in [0.25, 0.3) is 5.65 Å². The van der Waals surface area contributed by atoms with Gasteiger partial charge in [0.15, 0.2) is 0 Å². The highest BCUT2D eigenvalue weighted by Crippen LogP contribution is 2.27. The number of hydrogen-bond acceptors (Lipinski definition) is 4. The van der Waals surface area contributed by atoms with Gasteiger partial charge in [-0.3, -0.25) is 4.79 Å². The zero-order chi connectivity index (χ0) is 19.3. The minimum absolute atomic E-state index is 0.201. The third-order valence-electron chi connectivity index (χ3n) is 4.17. The molecule has 0 radical (unpaired) electrons. The number of carbonyl (C=O) groups excluding carboxylic acids is 1. The van der Waals surface area contributed by atoms with Crippen LogP contribution in [0.5, 0.6) is 0 Å². The summed E-state index contributed by atoms with van der Waals surface area (Å²) in [6.07, 6.45) is 3.96. The SMILES string of the molecule is N#Cc1cccc(NC(=O)c2ccccc2SCc2cn3ccccc3n2)c1. The minimum atomic E-state index is -0.201. The number of nitrogens with one attached hydrogen (secondary N) is 1. The third kappa shape index (κ3) is 3.90. The van der Waals surface area contributed by atoms with Gasteiger partial charge in [0.2, 0.25) is 0 Å². The van der Waals surface area contributed by atoms with Crippen molar-refractivity contribution in [2.24, 2.45) is 0 Å². The predicted molar refractivity (Wildman–Crippen MR) is 110 cm³/mol. The van der Waals surface area contributed by atoms with Gasteiger partial charge in [-0.25, -0.2) is 4.98 Å². The van der Waals surface area contributed by atoms with Crippen molar-refractivity contribution in [2.45, 2.75) is 10.6 Å². The molecular weight excluding hydrogens is 368 g/mol. The number of rotatable bonds is 5. The number of aromatic nitrogens is 2. The quantitative estimate of drug-likeness (QED) is 0.504. The average molecular weight is 384 g/mol. The summed E-state index contributed by atoms with van der Waals surface area (Å²) in [6.45, 7) is 0. The first kappa shape index (κ1) is 17.8. The monoisotopic (exact) mass is 384 g/mol. The number of hydrogen-bond donors (Lipinski definition) is 1. The Morgan fingerprint density at radius 2 is 1.96 bits per heavy atom. The molecule has 2 heterocycles. The smallest absolute Gasteiger partial charge is 0.256 e. The summed E-state index contributed by atoms with van der Waals surface area (Å²) in [5.74, 6) is 0.462. The van der Waals surface area contributed by atoms with Gasteiger partial charge in [-0.1, -0.05) is 24.3 Å². The maximum atomic E-state index is 12.8. The van der Waals surface area contributed by atoms with E-state index in [9.17, 15) is 4.79 Å². The lowest BCUT2D eigenvalue weighted by molar-refractivity contribution is 0.102. The molecule has 1 amide bonds. The summed E-state index contributed by atoms with van der Waals surface area (Å²) in [5, 5.41) is 11.9. The van der Waals surface area contributed by atoms with Crippen molar-refractivity contribution in [1.82, 2.24) is 9.38 Å². The zero-order valence-corrected chi connectivity index (χ0v) is 15.7. The van der Waals surface area contributed by atoms with E-state index >= 15 is 0 Å². The molecule has 1 N–H and O–H groups in total. The van der Waals surface area contributed by atoms with Gasteiger partial charge in [0.25, 0.3) is 5.91 Å². The van der Waals surface area contributed by atoms with Crippen LogP contribution >= 0.6 is 11.8 Å². The molecule has 0 saturated carbocycles. The lowest BCUT2D eigenvalue weighted by Crippen LogP contribution is -2.13. The van der Waals surface area contributed by atoms with E-state index in [1.54, 1.807) is 42.1 Å². The van der Waals surface area contributed by atoms with Crippen molar-refractivity contribution < 1.29 is 4.79 Å². The largest absolute Gasteiger partial charge is 0.322 e. The van der Waals surface area contributed by atoms with Gasteiger partial charge in [-0.05, 0) is 42.5 Å². The van der Waals surface area contributed by atoms with Gasteiger partial charge >= 0.3 is 0 Å². The van der Waals surface area contributed by atoms with Gasteiger partial charge < -0.3 is 9.72 Å². The number of imidazole rings is 1. The second kappa shape index (κ2) is 7.99. The highest BCUT2D eigenvalue weighted by atomic mass is 32.2. The van der Waals surface area contributed by atoms with Crippen LogP contribution in [0.4, 0.5) is 5.69 Å². The number of carbonyl (C=O) groups is 1. The van der Waals surface area contributed by atoms with E-state index in [-0.39, 0.29) is 5.91 Å². The van der Waals surface area contributed by atoms with Gasteiger partial charge in [0.05, 0.1) is 22.9 Å². The van der Waals surface area contributed by atoms with E-state index in [0.29, 0.717) is 22.6 Å². The molecule has 6 heteroatoms. The Labute approximate surface area is 166 Å². The Balaban J connectivity index is 1.51. The molecule has 0 aliphatic carbocycles. The Hall–Kier alpha value is -3.56. The number of fused-ring (bicyclic) bond motifs is 1. The van der Waals surface area contributed by atoms with Crippen LogP contribution in [0.3, 0.4) is 0 Å². The van der Waals surface area contributed by atoms with E-state index in [4.69, 9.17) is 5.26 Å². The summed E-state index contributed by atoms with van der Waals surface area (Å²) >= 11 is 1.57. The van der Waals surface area contributed by atoms with Crippen molar-refractivity contribution in [3.8, 4) is 6.07 Å². The van der Waals surface area contributed by atoms with Crippen LogP contribution < -0.4 is 5.32 Å². The first-order valence-electron chi connectivity index (χ1n) is 8.69. The van der Waals surface area contributed by atoms with Crippen LogP contribution in [0.2, 0.25) is 0 Å². The predicted octanol–water partition coefficient (Wildman–Crippen LogP) is 4.75. The van der Waals surface area contributed by atoms with E-state index < -0.39 is 0 Å². The van der Waals surface area contributed by atoms with Crippen molar-refractivity contribution in [3.05, 3.63) is 95.9 Å². The van der Waals surface area contributed by atoms with Crippen molar-refractivity contribution in [3.63, 3.8) is 0 Å². The molecule has 5 nitrogen and oxygen atoms in total. The Morgan fingerprint density at radius 3 is 2.82 bits per heavy atom. The molecule has 136 valence electrons. The lowest BCUT2D eigenvalue weighted by Gasteiger charge is -2.09. The maximum absolute atomic E-state index is 12.8. The molecule has 0 bridgehead atoms. The molecule has 0 atom stereocenters. The second-order valence-corrected chi connectivity index (χ2v) is 7.15. The van der Waals surface area contributed by atoms with E-state index in [2.05, 4.69) is 16.4 Å². The number of pyridine rings is 1. The van der Waals surface area contributed by atoms with E-state index in [0.717, 1.165) is 16.2 Å². The molecule has 0 saturated heterocycles. The van der Waals surface area contributed by atoms with Gasteiger partial charge in [0.1, 0.15) is 5.65 Å². The van der Waals surface area contributed by atoms with Crippen molar-refractivity contribution in [1.29, 1.82) is 5.26 Å². The number of thioether (sulfide) groups is 1. The molecular formula is C22H16N4OS. The van der Waals surface area contributed by atoms with E-state index in [1.165, 1.54) is 0 Å². The molecule has 2 aromatic carbocycles. The average Bonchev–Trinajstić information content (AvgIpc) is 3.15. The molecule has 0 aliphatic rings. The first-order chi connectivity index (χ1) is 13.7. The molecule has 28 heavy (non-hydrogen) atoms. The standard InChI is InChI=1S/C22H16N4OS/c23-13-16-6-5-7-17(12-16)25-22(27)19-8-1-2-9-20(19)28-15-18-14-26-11-4-3-10-21(26)24-18/h1-12,14H,15H2,(H,25,27). The fourth-order valence-electron chi connectivity index (χ4n) is 2.85. The molecule has 2 aromatic heterocycles. The van der Waals surface area contributed by atoms with Gasteiger partial charge in [-0.15, -0.1) is 11.8 Å². The molecule has 0 aliphatic heterocycles. The maximum Gasteiger partial charge on any atom is 0.256 e. The fraction of sp³-hybridized carbons (Fsp3) is 0.0455. The van der Waals surface area contributed by atoms with Crippen LogP contribution in [0, 0.1) is 11.3 Å². The Bertz CT molecular complexity index is 1160. The second-order valence-electron chi connectivity index (χ2n) is 6.13. The molecule has 0 spiro atoms. The van der Waals surface area contributed by atoms with Crippen molar-refractivity contribution >= 4 is 29.0 Å². The highest BCUT2D eigenvalue weighted by molar-refractivity contribution is 7.98. The minimum Gasteiger partial charge on any atom is -0.322 e. The summed E-state index contributed by atoms with van der Waals surface area (Å²) in [6, 6.07) is 22.3. The number of amides is 1. The number of nitriles is 1. The molecule has 0 unspecified atom stereocenters. The van der Waals surface area contributed by atoms with Gasteiger partial charge in [0, 0.05) is 28.7 Å². The Kier molecular flexibility index (Phi) is 5.09. The van der Waals surface area contributed by atoms with Gasteiger partial charge in [-0.2, -0.15) is 5.26 Å². The number of anilines is 1. The zero-order valence-electron chi connectivity index (χ0n) is 14.9. The molecule has 0 fully saturated rings. The van der Waals surface area contributed by atoms with Crippen LogP contribution in [-0.4, -0.2) is 15.3 Å². The summed E-state index contributed by atoms with van der Waals surface area (Å²) in [5.41, 5.74) is 3.56. The van der Waals surface area contributed by atoms with Crippen LogP contribution in [-0.2, 0) is 5.75 Å². The topological polar surface area (TPSA) is 70.2 Å². The molecule has 4 aromatic rings. The molecule has 4 rings (SSSR count). The lowest BCUT2D eigenvalue weighted by atomic mass is 10.2. The fourth-order valence-corrected chi connectivity index (χ4v) is 3.79. The van der Waals surface area contributed by atoms with Crippen molar-refractivity contribution in [2.75, 3.05) is 5.32 Å². The summed E-state index contributed by atoms with van der Waals surface area (Å²) in [7, 11) is 0. The summed E-state index contributed by atoms with van der Waals surface area (Å²) in [4.78, 5) is 18.2. The van der Waals surface area contributed by atoms with E-state index in [1.807, 2.05) is 53.2 Å². The Morgan fingerprint density at radius 1 is 1.11 bits per heavy atom. The van der Waals surface area contributed by atoms with Crippen LogP contribution in [0.15, 0.2) is 84.0 Å². The normalized spacial score (nSPS) is 10.5. The third-order valence-corrected chi connectivity index (χ3v) is 5.28. The highest BCUT2D eigenvalue weighted by Gasteiger charge is 2.13. The number of benzene rings is 2. The first-order valence-corrected chi connectivity index (χ1v) is 9.67. The van der Waals surface area contributed by atoms with Crippen LogP contribution in [0.1, 0.15) is 21.6 Å². The summed E-state index contributed by atoms with van der Waals surface area (Å²) < 4.78 is 1.98.